The summed E-state index contributed by atoms with van der Waals surface area (Å²) in [5.74, 6) is 0.568. The number of benzene rings is 1. The average molecular weight is 372 g/mol. The number of thiocarbonyl (C=S) groups is 1. The standard InChI is InChI=1S/C16H22ClN3O3S/c1-16(2,3)18-15(24)20-19-13(21)7-6-10-8-11(17)14(23-5)12(9-10)22-4/h6-9H,1-5H3,(H,19,21)(H2,18,20,24)/b7-6+. The van der Waals surface area contributed by atoms with Gasteiger partial charge in [-0.2, -0.15) is 0 Å². The summed E-state index contributed by atoms with van der Waals surface area (Å²) in [4.78, 5) is 11.8. The maximum Gasteiger partial charge on any atom is 0.262 e. The summed E-state index contributed by atoms with van der Waals surface area (Å²) in [5, 5.41) is 3.74. The third-order valence-electron chi connectivity index (χ3n) is 2.67. The van der Waals surface area contributed by atoms with Crippen LogP contribution in [0.15, 0.2) is 18.2 Å². The molecule has 1 amide bonds. The van der Waals surface area contributed by atoms with E-state index in [9.17, 15) is 4.79 Å². The molecular formula is C16H22ClN3O3S. The van der Waals surface area contributed by atoms with Gasteiger partial charge >= 0.3 is 0 Å². The second-order valence-electron chi connectivity index (χ2n) is 5.89. The number of methoxy groups -OCH3 is 2. The van der Waals surface area contributed by atoms with E-state index >= 15 is 0 Å². The molecule has 0 spiro atoms. The van der Waals surface area contributed by atoms with Gasteiger partial charge in [0.2, 0.25) is 0 Å². The minimum absolute atomic E-state index is 0.193. The van der Waals surface area contributed by atoms with Crippen molar-refractivity contribution < 1.29 is 14.3 Å². The van der Waals surface area contributed by atoms with Crippen molar-refractivity contribution in [3.63, 3.8) is 0 Å². The zero-order valence-corrected chi connectivity index (χ0v) is 15.9. The lowest BCUT2D eigenvalue weighted by atomic mass is 10.1. The largest absolute Gasteiger partial charge is 0.493 e. The highest BCUT2D eigenvalue weighted by Crippen LogP contribution is 2.36. The van der Waals surface area contributed by atoms with Crippen LogP contribution in [0.5, 0.6) is 11.5 Å². The van der Waals surface area contributed by atoms with Gasteiger partial charge in [0.1, 0.15) is 0 Å². The minimum atomic E-state index is -0.362. The summed E-state index contributed by atoms with van der Waals surface area (Å²) in [6.07, 6.45) is 2.95. The third-order valence-corrected chi connectivity index (χ3v) is 3.16. The van der Waals surface area contributed by atoms with Crippen LogP contribution in [0.4, 0.5) is 0 Å². The number of rotatable bonds is 4. The lowest BCUT2D eigenvalue weighted by Crippen LogP contribution is -2.51. The molecule has 0 atom stereocenters. The van der Waals surface area contributed by atoms with E-state index in [1.165, 1.54) is 20.3 Å². The van der Waals surface area contributed by atoms with Crippen molar-refractivity contribution >= 4 is 40.9 Å². The van der Waals surface area contributed by atoms with Crippen molar-refractivity contribution in [3.8, 4) is 11.5 Å². The maximum atomic E-state index is 11.8. The van der Waals surface area contributed by atoms with Crippen LogP contribution in [0.25, 0.3) is 6.08 Å². The van der Waals surface area contributed by atoms with Crippen LogP contribution >= 0.6 is 23.8 Å². The molecule has 0 unspecified atom stereocenters. The van der Waals surface area contributed by atoms with Crippen molar-refractivity contribution in [3.05, 3.63) is 28.8 Å². The quantitative estimate of drug-likeness (QED) is 0.429. The molecule has 6 nitrogen and oxygen atoms in total. The molecule has 0 fully saturated rings. The summed E-state index contributed by atoms with van der Waals surface area (Å²) in [6.45, 7) is 5.89. The fourth-order valence-electron chi connectivity index (χ4n) is 1.74. The molecule has 0 heterocycles. The minimum Gasteiger partial charge on any atom is -0.493 e. The number of hydrogen-bond acceptors (Lipinski definition) is 4. The highest BCUT2D eigenvalue weighted by molar-refractivity contribution is 7.80. The number of hydrogen-bond donors (Lipinski definition) is 3. The van der Waals surface area contributed by atoms with Gasteiger partial charge in [-0.05, 0) is 56.8 Å². The number of carbonyl (C=O) groups excluding carboxylic acids is 1. The Morgan fingerprint density at radius 3 is 2.42 bits per heavy atom. The van der Waals surface area contributed by atoms with E-state index in [1.54, 1.807) is 18.2 Å². The first-order valence-corrected chi connectivity index (χ1v) is 7.92. The molecule has 3 N–H and O–H groups in total. The Bertz CT molecular complexity index is 642. The number of carbonyl (C=O) groups is 1. The zero-order valence-electron chi connectivity index (χ0n) is 14.3. The highest BCUT2D eigenvalue weighted by Gasteiger charge is 2.11. The van der Waals surface area contributed by atoms with Gasteiger partial charge in [0, 0.05) is 11.6 Å². The predicted molar refractivity (Wildman–Crippen MR) is 100 cm³/mol. The monoisotopic (exact) mass is 371 g/mol. The van der Waals surface area contributed by atoms with Crippen LogP contribution in [-0.4, -0.2) is 30.8 Å². The van der Waals surface area contributed by atoms with Crippen molar-refractivity contribution in [2.75, 3.05) is 14.2 Å². The van der Waals surface area contributed by atoms with Crippen LogP contribution in [-0.2, 0) is 4.79 Å². The fourth-order valence-corrected chi connectivity index (χ4v) is 2.39. The Labute approximate surface area is 152 Å². The molecule has 8 heteroatoms. The average Bonchev–Trinajstić information content (AvgIpc) is 2.48. The molecule has 0 aliphatic rings. The normalized spacial score (nSPS) is 11.1. The zero-order chi connectivity index (χ0) is 18.3. The van der Waals surface area contributed by atoms with Gasteiger partial charge in [-0.3, -0.25) is 15.6 Å². The number of ether oxygens (including phenoxy) is 2. The van der Waals surface area contributed by atoms with Crippen molar-refractivity contribution in [2.45, 2.75) is 26.3 Å². The van der Waals surface area contributed by atoms with E-state index in [0.717, 1.165) is 0 Å². The molecule has 0 bridgehead atoms. The summed E-state index contributed by atoms with van der Waals surface area (Å²) in [7, 11) is 3.02. The third kappa shape index (κ3) is 6.64. The number of nitrogens with one attached hydrogen (secondary N) is 3. The number of amides is 1. The van der Waals surface area contributed by atoms with Gasteiger partial charge in [-0.15, -0.1) is 0 Å². The summed E-state index contributed by atoms with van der Waals surface area (Å²) in [5.41, 5.74) is 5.60. The first-order chi connectivity index (χ1) is 11.2. The van der Waals surface area contributed by atoms with E-state index in [-0.39, 0.29) is 11.4 Å². The van der Waals surface area contributed by atoms with Gasteiger partial charge in [0.05, 0.1) is 19.2 Å². The molecule has 0 aromatic heterocycles. The predicted octanol–water partition coefficient (Wildman–Crippen LogP) is 2.66. The van der Waals surface area contributed by atoms with Gasteiger partial charge in [0.25, 0.3) is 5.91 Å². The molecule has 1 aromatic carbocycles. The molecule has 0 saturated carbocycles. The van der Waals surface area contributed by atoms with E-state index in [1.807, 2.05) is 20.8 Å². The van der Waals surface area contributed by atoms with Crippen LogP contribution < -0.4 is 25.6 Å². The second-order valence-corrected chi connectivity index (χ2v) is 6.71. The van der Waals surface area contributed by atoms with Crippen molar-refractivity contribution in [1.82, 2.24) is 16.2 Å². The molecular weight excluding hydrogens is 350 g/mol. The molecule has 0 aliphatic heterocycles. The summed E-state index contributed by atoms with van der Waals surface area (Å²) < 4.78 is 10.4. The van der Waals surface area contributed by atoms with Crippen LogP contribution in [0.3, 0.4) is 0 Å². The second kappa shape index (κ2) is 8.75. The Balaban J connectivity index is 2.67. The SMILES string of the molecule is COc1cc(/C=C/C(=O)NNC(=S)NC(C)(C)C)cc(Cl)c1OC. The molecule has 24 heavy (non-hydrogen) atoms. The molecule has 0 aliphatic carbocycles. The Kier molecular flexibility index (Phi) is 7.31. The van der Waals surface area contributed by atoms with E-state index < -0.39 is 0 Å². The highest BCUT2D eigenvalue weighted by atomic mass is 35.5. The van der Waals surface area contributed by atoms with E-state index in [4.69, 9.17) is 33.3 Å². The first kappa shape index (κ1) is 20.1. The molecule has 1 aromatic rings. The Morgan fingerprint density at radius 2 is 1.88 bits per heavy atom. The van der Waals surface area contributed by atoms with Crippen LogP contribution in [0, 0.1) is 0 Å². The van der Waals surface area contributed by atoms with E-state index in [0.29, 0.717) is 27.2 Å². The van der Waals surface area contributed by atoms with E-state index in [2.05, 4.69) is 16.2 Å². The Hall–Kier alpha value is -1.99. The lowest BCUT2D eigenvalue weighted by Gasteiger charge is -2.22. The summed E-state index contributed by atoms with van der Waals surface area (Å²) in [6, 6.07) is 3.39. The maximum absolute atomic E-state index is 11.8. The van der Waals surface area contributed by atoms with Crippen LogP contribution in [0.2, 0.25) is 5.02 Å². The van der Waals surface area contributed by atoms with Gasteiger partial charge in [-0.25, -0.2) is 0 Å². The fraction of sp³-hybridized carbons (Fsp3) is 0.375. The van der Waals surface area contributed by atoms with Gasteiger partial charge in [-0.1, -0.05) is 11.6 Å². The molecule has 0 radical (unpaired) electrons. The van der Waals surface area contributed by atoms with Crippen molar-refractivity contribution in [2.24, 2.45) is 0 Å². The molecule has 0 saturated heterocycles. The van der Waals surface area contributed by atoms with Crippen molar-refractivity contribution in [1.29, 1.82) is 0 Å². The number of hydrazine groups is 1. The van der Waals surface area contributed by atoms with Crippen LogP contribution in [0.1, 0.15) is 26.3 Å². The molecule has 1 rings (SSSR count). The number of halogens is 1. The summed E-state index contributed by atoms with van der Waals surface area (Å²) >= 11 is 11.2. The smallest absolute Gasteiger partial charge is 0.262 e. The first-order valence-electron chi connectivity index (χ1n) is 7.14. The molecule has 132 valence electrons. The Morgan fingerprint density at radius 1 is 1.21 bits per heavy atom. The topological polar surface area (TPSA) is 71.6 Å². The van der Waals surface area contributed by atoms with Gasteiger partial charge in [0.15, 0.2) is 16.6 Å². The van der Waals surface area contributed by atoms with Gasteiger partial charge < -0.3 is 14.8 Å². The lowest BCUT2D eigenvalue weighted by molar-refractivity contribution is -0.117.